The smallest absolute Gasteiger partial charge is 0.252 e. The average Bonchev–Trinajstić information content (AvgIpc) is 2.41. The second-order valence-electron chi connectivity index (χ2n) is 4.29. The van der Waals surface area contributed by atoms with Gasteiger partial charge < -0.3 is 15.3 Å². The van der Waals surface area contributed by atoms with Gasteiger partial charge in [0.05, 0.1) is 11.1 Å². The molecule has 2 N–H and O–H groups in total. The molecule has 0 fully saturated rings. The molecule has 0 radical (unpaired) electrons. The van der Waals surface area contributed by atoms with Crippen molar-refractivity contribution in [3.05, 3.63) is 29.6 Å². The van der Waals surface area contributed by atoms with Crippen molar-refractivity contribution in [2.24, 2.45) is 0 Å². The summed E-state index contributed by atoms with van der Waals surface area (Å²) in [5, 5.41) is 11.5. The van der Waals surface area contributed by atoms with Gasteiger partial charge in [-0.2, -0.15) is 0 Å². The van der Waals surface area contributed by atoms with Gasteiger partial charge in [-0.25, -0.2) is 0 Å². The molecule has 0 unspecified atom stereocenters. The zero-order chi connectivity index (χ0) is 14.1. The number of hydrogen-bond acceptors (Lipinski definition) is 4. The molecule has 0 aliphatic carbocycles. The van der Waals surface area contributed by atoms with Crippen molar-refractivity contribution in [3.8, 4) is 11.8 Å². The Labute approximate surface area is 113 Å². The van der Waals surface area contributed by atoms with Crippen molar-refractivity contribution in [1.82, 2.24) is 15.2 Å². The molecule has 0 aliphatic rings. The minimum atomic E-state index is -0.237. The maximum Gasteiger partial charge on any atom is 0.252 e. The lowest BCUT2D eigenvalue weighted by Crippen LogP contribution is -2.27. The number of nitrogens with zero attached hydrogens (tertiary/aromatic N) is 2. The standard InChI is InChI=1S/C14H19N3O2/c1-17(2)9-4-7-16-14(19)13-6-8-15-11-12(13)5-3-10-18/h6,8,11,18H,4,7,9-10H2,1-2H3,(H,16,19). The molecule has 1 amide bonds. The molecule has 0 atom stereocenters. The predicted molar refractivity (Wildman–Crippen MR) is 73.7 cm³/mol. The van der Waals surface area contributed by atoms with Crippen molar-refractivity contribution in [2.75, 3.05) is 33.8 Å². The molecule has 0 aromatic carbocycles. The van der Waals surface area contributed by atoms with Crippen LogP contribution in [0.5, 0.6) is 0 Å². The molecule has 0 aliphatic heterocycles. The molecule has 0 bridgehead atoms. The van der Waals surface area contributed by atoms with E-state index in [4.69, 9.17) is 5.11 Å². The van der Waals surface area contributed by atoms with Crippen molar-refractivity contribution in [3.63, 3.8) is 0 Å². The fraction of sp³-hybridized carbons (Fsp3) is 0.429. The van der Waals surface area contributed by atoms with Crippen LogP contribution in [0, 0.1) is 11.8 Å². The van der Waals surface area contributed by atoms with E-state index in [1.807, 2.05) is 14.1 Å². The van der Waals surface area contributed by atoms with E-state index in [1.54, 1.807) is 12.3 Å². The van der Waals surface area contributed by atoms with Crippen LogP contribution in [-0.4, -0.2) is 54.7 Å². The van der Waals surface area contributed by atoms with Gasteiger partial charge in [0.25, 0.3) is 5.91 Å². The number of aromatic nitrogens is 1. The van der Waals surface area contributed by atoms with Crippen LogP contribution >= 0.6 is 0 Å². The van der Waals surface area contributed by atoms with Gasteiger partial charge in [0.15, 0.2) is 0 Å². The zero-order valence-corrected chi connectivity index (χ0v) is 11.3. The normalized spacial score (nSPS) is 9.89. The van der Waals surface area contributed by atoms with E-state index in [1.165, 1.54) is 6.20 Å². The number of pyridine rings is 1. The first-order valence-electron chi connectivity index (χ1n) is 6.12. The first-order valence-corrected chi connectivity index (χ1v) is 6.12. The van der Waals surface area contributed by atoms with Gasteiger partial charge >= 0.3 is 0 Å². The van der Waals surface area contributed by atoms with Crippen LogP contribution in [0.2, 0.25) is 0 Å². The van der Waals surface area contributed by atoms with Crippen LogP contribution in [0.3, 0.4) is 0 Å². The fourth-order valence-electron chi connectivity index (χ4n) is 1.52. The van der Waals surface area contributed by atoms with Gasteiger partial charge in [0, 0.05) is 18.9 Å². The molecule has 0 spiro atoms. The molecule has 1 aromatic heterocycles. The zero-order valence-electron chi connectivity index (χ0n) is 11.3. The van der Waals surface area contributed by atoms with E-state index in [2.05, 4.69) is 27.0 Å². The maximum atomic E-state index is 12.0. The summed E-state index contributed by atoms with van der Waals surface area (Å²) < 4.78 is 0. The minimum absolute atomic E-state index is 0.164. The second-order valence-corrected chi connectivity index (χ2v) is 4.29. The second kappa shape index (κ2) is 8.25. The lowest BCUT2D eigenvalue weighted by Gasteiger charge is -2.10. The van der Waals surface area contributed by atoms with E-state index in [9.17, 15) is 4.79 Å². The summed E-state index contributed by atoms with van der Waals surface area (Å²) in [5.41, 5.74) is 1.02. The average molecular weight is 261 g/mol. The SMILES string of the molecule is CN(C)CCCNC(=O)c1ccncc1C#CCO. The molecule has 0 saturated heterocycles. The van der Waals surface area contributed by atoms with Crippen molar-refractivity contribution < 1.29 is 9.90 Å². The van der Waals surface area contributed by atoms with Gasteiger partial charge in [0.2, 0.25) is 0 Å². The Hall–Kier alpha value is -1.90. The van der Waals surface area contributed by atoms with E-state index < -0.39 is 0 Å². The lowest BCUT2D eigenvalue weighted by molar-refractivity contribution is 0.0952. The summed E-state index contributed by atoms with van der Waals surface area (Å²) in [6, 6.07) is 1.63. The molecule has 5 heteroatoms. The number of amides is 1. The highest BCUT2D eigenvalue weighted by molar-refractivity contribution is 5.96. The summed E-state index contributed by atoms with van der Waals surface area (Å²) in [4.78, 5) is 18.0. The summed E-state index contributed by atoms with van der Waals surface area (Å²) in [7, 11) is 3.99. The van der Waals surface area contributed by atoms with E-state index in [-0.39, 0.29) is 12.5 Å². The third kappa shape index (κ3) is 5.51. The highest BCUT2D eigenvalue weighted by Crippen LogP contribution is 2.05. The summed E-state index contributed by atoms with van der Waals surface area (Å²) in [6.45, 7) is 1.30. The molecule has 0 saturated carbocycles. The van der Waals surface area contributed by atoms with Crippen LogP contribution in [0.25, 0.3) is 0 Å². The summed E-state index contributed by atoms with van der Waals surface area (Å²) in [5.74, 6) is 5.08. The van der Waals surface area contributed by atoms with E-state index >= 15 is 0 Å². The number of carbonyl (C=O) groups excluding carboxylic acids is 1. The quantitative estimate of drug-likeness (QED) is 0.583. The number of aliphatic hydroxyl groups is 1. The van der Waals surface area contributed by atoms with Gasteiger partial charge in [-0.05, 0) is 33.1 Å². The van der Waals surface area contributed by atoms with Crippen molar-refractivity contribution >= 4 is 5.91 Å². The van der Waals surface area contributed by atoms with E-state index in [0.29, 0.717) is 17.7 Å². The Bertz CT molecular complexity index is 475. The van der Waals surface area contributed by atoms with Crippen LogP contribution in [0.4, 0.5) is 0 Å². The molecule has 5 nitrogen and oxygen atoms in total. The summed E-state index contributed by atoms with van der Waals surface area (Å²) >= 11 is 0. The third-order valence-corrected chi connectivity index (χ3v) is 2.44. The summed E-state index contributed by atoms with van der Waals surface area (Å²) in [6.07, 6.45) is 3.97. The maximum absolute atomic E-state index is 12.0. The largest absolute Gasteiger partial charge is 0.384 e. The van der Waals surface area contributed by atoms with Gasteiger partial charge in [0.1, 0.15) is 6.61 Å². The van der Waals surface area contributed by atoms with Gasteiger partial charge in [-0.3, -0.25) is 9.78 Å². The molecule has 19 heavy (non-hydrogen) atoms. The number of nitrogens with one attached hydrogen (secondary N) is 1. The third-order valence-electron chi connectivity index (χ3n) is 2.44. The Balaban J connectivity index is 2.61. The highest BCUT2D eigenvalue weighted by atomic mass is 16.2. The van der Waals surface area contributed by atoms with Gasteiger partial charge in [-0.15, -0.1) is 0 Å². The molecule has 1 rings (SSSR count). The molecule has 102 valence electrons. The number of rotatable bonds is 5. The first-order chi connectivity index (χ1) is 9.15. The number of hydrogen-bond donors (Lipinski definition) is 2. The lowest BCUT2D eigenvalue weighted by atomic mass is 10.1. The van der Waals surface area contributed by atoms with E-state index in [0.717, 1.165) is 13.0 Å². The molecular weight excluding hydrogens is 242 g/mol. The highest BCUT2D eigenvalue weighted by Gasteiger charge is 2.09. The van der Waals surface area contributed by atoms with Crippen LogP contribution in [0.15, 0.2) is 18.5 Å². The van der Waals surface area contributed by atoms with Crippen molar-refractivity contribution in [1.29, 1.82) is 0 Å². The Morgan fingerprint density at radius 3 is 3.00 bits per heavy atom. The Morgan fingerprint density at radius 1 is 1.53 bits per heavy atom. The Kier molecular flexibility index (Phi) is 6.58. The molecule has 1 heterocycles. The van der Waals surface area contributed by atoms with Crippen molar-refractivity contribution in [2.45, 2.75) is 6.42 Å². The monoisotopic (exact) mass is 261 g/mol. The Morgan fingerprint density at radius 2 is 2.32 bits per heavy atom. The minimum Gasteiger partial charge on any atom is -0.384 e. The van der Waals surface area contributed by atoms with Gasteiger partial charge in [-0.1, -0.05) is 11.8 Å². The van der Waals surface area contributed by atoms with Crippen LogP contribution in [0.1, 0.15) is 22.3 Å². The topological polar surface area (TPSA) is 65.5 Å². The molecule has 1 aromatic rings. The first kappa shape index (κ1) is 15.2. The number of aliphatic hydroxyl groups excluding tert-OH is 1. The van der Waals surface area contributed by atoms with Crippen LogP contribution < -0.4 is 5.32 Å². The molecular formula is C14H19N3O2. The fourth-order valence-corrected chi connectivity index (χ4v) is 1.52. The van der Waals surface area contributed by atoms with Crippen LogP contribution in [-0.2, 0) is 0 Å². The predicted octanol–water partition coefficient (Wildman–Crippen LogP) is 0.107. The number of carbonyl (C=O) groups is 1.